The van der Waals surface area contributed by atoms with E-state index in [1.807, 2.05) is 0 Å². The molecule has 0 aliphatic rings. The minimum atomic E-state index is -0.300. The fourth-order valence-corrected chi connectivity index (χ4v) is 3.26. The van der Waals surface area contributed by atoms with E-state index >= 15 is 0 Å². The molecule has 3 aromatic rings. The maximum absolute atomic E-state index is 12.2. The number of rotatable bonds is 6. The molecule has 148 valence electrons. The van der Waals surface area contributed by atoms with Crippen molar-refractivity contribution in [3.05, 3.63) is 70.2 Å². The number of amides is 3. The van der Waals surface area contributed by atoms with Crippen molar-refractivity contribution in [2.24, 2.45) is 0 Å². The molecule has 0 atom stereocenters. The van der Waals surface area contributed by atoms with Crippen LogP contribution in [0.1, 0.15) is 23.0 Å². The molecule has 0 aliphatic heterocycles. The quantitative estimate of drug-likeness (QED) is 0.548. The number of carbonyl (C=O) groups is 3. The highest BCUT2D eigenvalue weighted by Gasteiger charge is 2.11. The first-order chi connectivity index (χ1) is 13.9. The summed E-state index contributed by atoms with van der Waals surface area (Å²) in [6.45, 7) is 1.43. The molecule has 29 heavy (non-hydrogen) atoms. The second-order valence-corrected chi connectivity index (χ2v) is 7.38. The van der Waals surface area contributed by atoms with Gasteiger partial charge in [-0.1, -0.05) is 11.6 Å². The SMILES string of the molecule is CC(=O)Nc1ccc(NC(=O)Cc2csc(NC(=O)c3ccc(Cl)cc3)n2)cc1. The normalized spacial score (nSPS) is 10.3. The van der Waals surface area contributed by atoms with Gasteiger partial charge in [0.05, 0.1) is 12.1 Å². The molecule has 3 rings (SSSR count). The number of benzene rings is 2. The van der Waals surface area contributed by atoms with Crippen LogP contribution in [0.4, 0.5) is 16.5 Å². The van der Waals surface area contributed by atoms with Gasteiger partial charge >= 0.3 is 0 Å². The van der Waals surface area contributed by atoms with Crippen molar-refractivity contribution < 1.29 is 14.4 Å². The predicted octanol–water partition coefficient (Wildman–Crippen LogP) is 4.19. The Hall–Kier alpha value is -3.23. The van der Waals surface area contributed by atoms with Crippen molar-refractivity contribution >= 4 is 57.2 Å². The summed E-state index contributed by atoms with van der Waals surface area (Å²) in [7, 11) is 0. The lowest BCUT2D eigenvalue weighted by Crippen LogP contribution is -2.15. The molecule has 0 aliphatic carbocycles. The van der Waals surface area contributed by atoms with Crippen LogP contribution in [0.25, 0.3) is 0 Å². The van der Waals surface area contributed by atoms with Crippen LogP contribution in [-0.4, -0.2) is 22.7 Å². The lowest BCUT2D eigenvalue weighted by atomic mass is 10.2. The third-order valence-electron chi connectivity index (χ3n) is 3.71. The topological polar surface area (TPSA) is 100 Å². The van der Waals surface area contributed by atoms with Gasteiger partial charge in [-0.25, -0.2) is 4.98 Å². The lowest BCUT2D eigenvalue weighted by molar-refractivity contribution is -0.116. The number of halogens is 1. The molecule has 0 radical (unpaired) electrons. The van der Waals surface area contributed by atoms with Crippen molar-refractivity contribution in [1.82, 2.24) is 4.98 Å². The van der Waals surface area contributed by atoms with Crippen LogP contribution in [0.5, 0.6) is 0 Å². The van der Waals surface area contributed by atoms with Crippen LogP contribution in [0.3, 0.4) is 0 Å². The maximum atomic E-state index is 12.2. The third kappa shape index (κ3) is 6.13. The van der Waals surface area contributed by atoms with Crippen LogP contribution < -0.4 is 16.0 Å². The molecule has 7 nitrogen and oxygen atoms in total. The van der Waals surface area contributed by atoms with E-state index in [0.29, 0.717) is 32.8 Å². The van der Waals surface area contributed by atoms with Gasteiger partial charge in [0.25, 0.3) is 5.91 Å². The van der Waals surface area contributed by atoms with Crippen LogP contribution in [0, 0.1) is 0 Å². The molecule has 0 saturated carbocycles. The summed E-state index contributed by atoms with van der Waals surface area (Å²) >= 11 is 7.06. The number of nitrogens with one attached hydrogen (secondary N) is 3. The molecular formula is C20H17ClN4O3S. The summed E-state index contributed by atoms with van der Waals surface area (Å²) in [6.07, 6.45) is 0.0702. The summed E-state index contributed by atoms with van der Waals surface area (Å²) in [5.41, 5.74) is 2.27. The number of hydrogen-bond donors (Lipinski definition) is 3. The monoisotopic (exact) mass is 428 g/mol. The smallest absolute Gasteiger partial charge is 0.257 e. The molecule has 0 saturated heterocycles. The van der Waals surface area contributed by atoms with Crippen LogP contribution in [0.15, 0.2) is 53.9 Å². The van der Waals surface area contributed by atoms with E-state index in [1.165, 1.54) is 18.3 Å². The fourth-order valence-electron chi connectivity index (χ4n) is 2.43. The lowest BCUT2D eigenvalue weighted by Gasteiger charge is -2.06. The fraction of sp³-hybridized carbons (Fsp3) is 0.100. The average molecular weight is 429 g/mol. The van der Waals surface area contributed by atoms with E-state index < -0.39 is 0 Å². The van der Waals surface area contributed by atoms with Crippen molar-refractivity contribution in [2.45, 2.75) is 13.3 Å². The van der Waals surface area contributed by atoms with Gasteiger partial charge in [0, 0.05) is 34.3 Å². The maximum Gasteiger partial charge on any atom is 0.257 e. The zero-order valence-corrected chi connectivity index (χ0v) is 16.9. The van der Waals surface area contributed by atoms with Crippen molar-refractivity contribution in [3.63, 3.8) is 0 Å². The molecule has 2 aromatic carbocycles. The van der Waals surface area contributed by atoms with Gasteiger partial charge in [-0.05, 0) is 48.5 Å². The molecule has 0 spiro atoms. The Morgan fingerprint density at radius 3 is 2.17 bits per heavy atom. The summed E-state index contributed by atoms with van der Waals surface area (Å²) in [6, 6.07) is 13.3. The highest BCUT2D eigenvalue weighted by molar-refractivity contribution is 7.14. The molecular weight excluding hydrogens is 412 g/mol. The van der Waals surface area contributed by atoms with E-state index in [2.05, 4.69) is 20.9 Å². The predicted molar refractivity (Wildman–Crippen MR) is 115 cm³/mol. The largest absolute Gasteiger partial charge is 0.326 e. The molecule has 1 heterocycles. The Kier molecular flexibility index (Phi) is 6.58. The Balaban J connectivity index is 1.54. The highest BCUT2D eigenvalue weighted by atomic mass is 35.5. The minimum absolute atomic E-state index is 0.0702. The van der Waals surface area contributed by atoms with Gasteiger partial charge in [0.2, 0.25) is 11.8 Å². The van der Waals surface area contributed by atoms with Gasteiger partial charge in [-0.3, -0.25) is 19.7 Å². The van der Waals surface area contributed by atoms with Crippen molar-refractivity contribution in [2.75, 3.05) is 16.0 Å². The van der Waals surface area contributed by atoms with Crippen molar-refractivity contribution in [1.29, 1.82) is 0 Å². The van der Waals surface area contributed by atoms with Gasteiger partial charge in [0.15, 0.2) is 5.13 Å². The molecule has 1 aromatic heterocycles. The third-order valence-corrected chi connectivity index (χ3v) is 4.77. The van der Waals surface area contributed by atoms with E-state index in [-0.39, 0.29) is 24.1 Å². The van der Waals surface area contributed by atoms with E-state index in [1.54, 1.807) is 53.9 Å². The van der Waals surface area contributed by atoms with Crippen LogP contribution >= 0.6 is 22.9 Å². The minimum Gasteiger partial charge on any atom is -0.326 e. The number of anilines is 3. The zero-order chi connectivity index (χ0) is 20.8. The van der Waals surface area contributed by atoms with E-state index in [4.69, 9.17) is 11.6 Å². The molecule has 0 unspecified atom stereocenters. The van der Waals surface area contributed by atoms with Gasteiger partial charge in [-0.2, -0.15) is 0 Å². The average Bonchev–Trinajstić information content (AvgIpc) is 3.10. The Bertz CT molecular complexity index is 1030. The number of aromatic nitrogens is 1. The molecule has 0 fully saturated rings. The van der Waals surface area contributed by atoms with Crippen LogP contribution in [0.2, 0.25) is 5.02 Å². The first kappa shape index (κ1) is 20.5. The number of thiazole rings is 1. The second-order valence-electron chi connectivity index (χ2n) is 6.09. The summed E-state index contributed by atoms with van der Waals surface area (Å²) in [4.78, 5) is 39.7. The number of carbonyl (C=O) groups excluding carboxylic acids is 3. The number of hydrogen-bond acceptors (Lipinski definition) is 5. The summed E-state index contributed by atoms with van der Waals surface area (Å²) in [5.74, 6) is -0.700. The molecule has 0 bridgehead atoms. The van der Waals surface area contributed by atoms with Gasteiger partial charge in [0.1, 0.15) is 0 Å². The second kappa shape index (κ2) is 9.31. The highest BCUT2D eigenvalue weighted by Crippen LogP contribution is 2.19. The standard InChI is InChI=1S/C20H17ClN4O3S/c1-12(26)22-15-6-8-16(9-7-15)23-18(27)10-17-11-29-20(24-17)25-19(28)13-2-4-14(21)5-3-13/h2-9,11H,10H2,1H3,(H,22,26)(H,23,27)(H,24,25,28). The first-order valence-electron chi connectivity index (χ1n) is 8.58. The van der Waals surface area contributed by atoms with Crippen LogP contribution in [-0.2, 0) is 16.0 Å². The zero-order valence-electron chi connectivity index (χ0n) is 15.4. The number of nitrogens with zero attached hydrogens (tertiary/aromatic N) is 1. The molecule has 9 heteroatoms. The summed E-state index contributed by atoms with van der Waals surface area (Å²) in [5, 5.41) is 10.8. The van der Waals surface area contributed by atoms with Gasteiger partial charge < -0.3 is 10.6 Å². The Morgan fingerprint density at radius 1 is 0.931 bits per heavy atom. The molecule has 3 amide bonds. The Morgan fingerprint density at radius 2 is 1.55 bits per heavy atom. The van der Waals surface area contributed by atoms with E-state index in [9.17, 15) is 14.4 Å². The van der Waals surface area contributed by atoms with Gasteiger partial charge in [-0.15, -0.1) is 11.3 Å². The molecule has 3 N–H and O–H groups in total. The van der Waals surface area contributed by atoms with Crippen molar-refractivity contribution in [3.8, 4) is 0 Å². The Labute approximate surface area is 176 Å². The van der Waals surface area contributed by atoms with E-state index in [0.717, 1.165) is 0 Å². The summed E-state index contributed by atoms with van der Waals surface area (Å²) < 4.78 is 0. The first-order valence-corrected chi connectivity index (χ1v) is 9.83.